The molecule has 0 heterocycles. The minimum Gasteiger partial charge on any atom is -0.0622 e. The molecule has 0 saturated carbocycles. The van der Waals surface area contributed by atoms with Crippen LogP contribution >= 0.6 is 22.6 Å². The Balaban J connectivity index is 1.26. The van der Waals surface area contributed by atoms with Crippen LogP contribution < -0.4 is 0 Å². The van der Waals surface area contributed by atoms with Crippen molar-refractivity contribution in [3.8, 4) is 55.6 Å². The maximum atomic E-state index is 2.42. The summed E-state index contributed by atoms with van der Waals surface area (Å²) in [5.74, 6) is 0. The Labute approximate surface area is 238 Å². The second-order valence-electron chi connectivity index (χ2n) is 9.70. The highest BCUT2D eigenvalue weighted by molar-refractivity contribution is 14.1. The van der Waals surface area contributed by atoms with E-state index in [0.29, 0.717) is 0 Å². The molecule has 0 bridgehead atoms. The molecule has 182 valence electrons. The summed E-state index contributed by atoms with van der Waals surface area (Å²) in [7, 11) is 0. The van der Waals surface area contributed by atoms with Gasteiger partial charge in [-0.25, -0.2) is 0 Å². The van der Waals surface area contributed by atoms with Gasteiger partial charge in [-0.2, -0.15) is 0 Å². The van der Waals surface area contributed by atoms with Crippen molar-refractivity contribution in [2.24, 2.45) is 0 Å². The average molecular weight is 599 g/mol. The summed E-state index contributed by atoms with van der Waals surface area (Å²) in [4.78, 5) is 0. The maximum absolute atomic E-state index is 2.42. The largest absolute Gasteiger partial charge is 0.0622 e. The topological polar surface area (TPSA) is 0 Å². The Kier molecular flexibility index (Phi) is 6.94. The van der Waals surface area contributed by atoms with Gasteiger partial charge in [-0.05, 0) is 109 Å². The van der Waals surface area contributed by atoms with E-state index in [9.17, 15) is 0 Å². The molecule has 0 spiro atoms. The molecular weight excluding hydrogens is 571 g/mol. The summed E-state index contributed by atoms with van der Waals surface area (Å²) >= 11 is 2.42. The summed E-state index contributed by atoms with van der Waals surface area (Å²) in [6.07, 6.45) is 0. The lowest BCUT2D eigenvalue weighted by molar-refractivity contribution is 1.47. The quantitative estimate of drug-likeness (QED) is 0.173. The second kappa shape index (κ2) is 10.8. The molecular formula is C37H27I. The summed E-state index contributed by atoms with van der Waals surface area (Å²) in [6.45, 7) is 2.14. The molecule has 0 aliphatic carbocycles. The molecule has 6 aromatic carbocycles. The Morgan fingerprint density at radius 3 is 1.24 bits per heavy atom. The predicted octanol–water partition coefficient (Wildman–Crippen LogP) is 10.9. The number of benzene rings is 6. The molecule has 0 atom stereocenters. The molecule has 0 unspecified atom stereocenters. The molecule has 1 heteroatoms. The average Bonchev–Trinajstić information content (AvgIpc) is 2.98. The van der Waals surface area contributed by atoms with Gasteiger partial charge < -0.3 is 0 Å². The highest BCUT2D eigenvalue weighted by Crippen LogP contribution is 2.33. The van der Waals surface area contributed by atoms with Crippen LogP contribution in [-0.2, 0) is 0 Å². The molecule has 0 radical (unpaired) electrons. The van der Waals surface area contributed by atoms with Gasteiger partial charge in [-0.15, -0.1) is 0 Å². The summed E-state index contributed by atoms with van der Waals surface area (Å²) in [5, 5.41) is 0. The van der Waals surface area contributed by atoms with Gasteiger partial charge in [-0.1, -0.05) is 127 Å². The Hall–Kier alpha value is -3.95. The van der Waals surface area contributed by atoms with Crippen LogP contribution in [0.15, 0.2) is 146 Å². The van der Waals surface area contributed by atoms with Crippen molar-refractivity contribution in [2.45, 2.75) is 6.92 Å². The van der Waals surface area contributed by atoms with Gasteiger partial charge in [0, 0.05) is 3.57 Å². The lowest BCUT2D eigenvalue weighted by Crippen LogP contribution is -1.86. The van der Waals surface area contributed by atoms with Gasteiger partial charge in [0.2, 0.25) is 0 Å². The minimum absolute atomic E-state index is 1.22. The van der Waals surface area contributed by atoms with Gasteiger partial charge in [0.15, 0.2) is 0 Å². The van der Waals surface area contributed by atoms with Gasteiger partial charge in [0.25, 0.3) is 0 Å². The molecule has 0 aromatic heterocycles. The van der Waals surface area contributed by atoms with Crippen LogP contribution in [0.5, 0.6) is 0 Å². The molecule has 0 amide bonds. The summed E-state index contributed by atoms with van der Waals surface area (Å²) in [5.41, 5.74) is 13.7. The number of hydrogen-bond donors (Lipinski definition) is 0. The van der Waals surface area contributed by atoms with E-state index in [0.717, 1.165) is 0 Å². The lowest BCUT2D eigenvalue weighted by Gasteiger charge is -2.10. The first-order valence-corrected chi connectivity index (χ1v) is 13.9. The Morgan fingerprint density at radius 1 is 0.316 bits per heavy atom. The fourth-order valence-electron chi connectivity index (χ4n) is 4.97. The van der Waals surface area contributed by atoms with E-state index < -0.39 is 0 Å². The van der Waals surface area contributed by atoms with Crippen LogP contribution in [0.1, 0.15) is 5.56 Å². The van der Waals surface area contributed by atoms with E-state index in [-0.39, 0.29) is 0 Å². The number of halogens is 1. The van der Waals surface area contributed by atoms with Crippen LogP contribution in [0, 0.1) is 10.5 Å². The van der Waals surface area contributed by atoms with Crippen LogP contribution in [0.4, 0.5) is 0 Å². The van der Waals surface area contributed by atoms with Gasteiger partial charge in [0.1, 0.15) is 0 Å². The maximum Gasteiger partial charge on any atom is 0.0142 e. The van der Waals surface area contributed by atoms with Crippen molar-refractivity contribution in [2.75, 3.05) is 0 Å². The van der Waals surface area contributed by atoms with E-state index in [2.05, 4.69) is 175 Å². The monoisotopic (exact) mass is 598 g/mol. The molecule has 38 heavy (non-hydrogen) atoms. The van der Waals surface area contributed by atoms with Crippen molar-refractivity contribution < 1.29 is 0 Å². The van der Waals surface area contributed by atoms with Crippen molar-refractivity contribution in [3.63, 3.8) is 0 Å². The summed E-state index contributed by atoms with van der Waals surface area (Å²) < 4.78 is 1.24. The normalized spacial score (nSPS) is 10.9. The predicted molar refractivity (Wildman–Crippen MR) is 171 cm³/mol. The standard InChI is InChI=1S/C37H27I/c1-26-7-5-10-32(21-26)30-17-13-28(14-18-30)29-15-19-31(20-16-29)33-11-6-12-34(22-33)36-23-35(24-37(38)25-36)27-8-3-2-4-9-27/h2-25H,1H3. The second-order valence-corrected chi connectivity index (χ2v) is 10.9. The van der Waals surface area contributed by atoms with Gasteiger partial charge in [-0.3, -0.25) is 0 Å². The van der Waals surface area contributed by atoms with Crippen LogP contribution in [0.2, 0.25) is 0 Å². The SMILES string of the molecule is Cc1cccc(-c2ccc(-c3ccc(-c4cccc(-c5cc(I)cc(-c6ccccc6)c5)c4)cc3)cc2)c1. The minimum atomic E-state index is 1.22. The van der Waals surface area contributed by atoms with Crippen molar-refractivity contribution >= 4 is 22.6 Å². The van der Waals surface area contributed by atoms with Gasteiger partial charge >= 0.3 is 0 Å². The van der Waals surface area contributed by atoms with E-state index in [1.54, 1.807) is 0 Å². The number of rotatable bonds is 5. The van der Waals surface area contributed by atoms with E-state index in [1.165, 1.54) is 64.8 Å². The third-order valence-electron chi connectivity index (χ3n) is 6.99. The van der Waals surface area contributed by atoms with E-state index in [4.69, 9.17) is 0 Å². The van der Waals surface area contributed by atoms with Crippen molar-refractivity contribution in [1.29, 1.82) is 0 Å². The third kappa shape index (κ3) is 5.34. The van der Waals surface area contributed by atoms with Crippen molar-refractivity contribution in [3.05, 3.63) is 155 Å². The third-order valence-corrected chi connectivity index (χ3v) is 7.61. The first-order chi connectivity index (χ1) is 18.6. The molecule has 0 saturated heterocycles. The molecule has 0 N–H and O–H groups in total. The number of hydrogen-bond acceptors (Lipinski definition) is 0. The zero-order chi connectivity index (χ0) is 25.9. The molecule has 6 aromatic rings. The molecule has 6 rings (SSSR count). The highest BCUT2D eigenvalue weighted by atomic mass is 127. The molecule has 0 nitrogen and oxygen atoms in total. The Bertz CT molecular complexity index is 1700. The Morgan fingerprint density at radius 2 is 0.684 bits per heavy atom. The van der Waals surface area contributed by atoms with Gasteiger partial charge in [0.05, 0.1) is 0 Å². The summed E-state index contributed by atoms with van der Waals surface area (Å²) in [6, 6.07) is 52.7. The zero-order valence-corrected chi connectivity index (χ0v) is 23.4. The molecule has 0 aliphatic rings. The zero-order valence-electron chi connectivity index (χ0n) is 21.2. The lowest BCUT2D eigenvalue weighted by atomic mass is 9.95. The fraction of sp³-hybridized carbons (Fsp3) is 0.0270. The first-order valence-electron chi connectivity index (χ1n) is 12.9. The number of aryl methyl sites for hydroxylation is 1. The molecule has 0 aliphatic heterocycles. The van der Waals surface area contributed by atoms with Crippen LogP contribution in [0.25, 0.3) is 55.6 Å². The smallest absolute Gasteiger partial charge is 0.0142 e. The van der Waals surface area contributed by atoms with Crippen LogP contribution in [0.3, 0.4) is 0 Å². The fourth-order valence-corrected chi connectivity index (χ4v) is 5.64. The van der Waals surface area contributed by atoms with Crippen LogP contribution in [-0.4, -0.2) is 0 Å². The van der Waals surface area contributed by atoms with Crippen molar-refractivity contribution in [1.82, 2.24) is 0 Å². The first kappa shape index (κ1) is 24.4. The van der Waals surface area contributed by atoms with E-state index >= 15 is 0 Å². The highest BCUT2D eigenvalue weighted by Gasteiger charge is 2.07. The van der Waals surface area contributed by atoms with E-state index in [1.807, 2.05) is 0 Å². The molecule has 0 fully saturated rings.